The molecule has 1 N–H and O–H groups in total. The minimum atomic E-state index is -0.476. The van der Waals surface area contributed by atoms with E-state index in [9.17, 15) is 10.1 Å². The van der Waals surface area contributed by atoms with Crippen LogP contribution < -0.4 is 0 Å². The van der Waals surface area contributed by atoms with Gasteiger partial charge in [-0.3, -0.25) is 10.1 Å². The van der Waals surface area contributed by atoms with E-state index in [4.69, 9.17) is 5.11 Å². The lowest BCUT2D eigenvalue weighted by Crippen LogP contribution is -1.92. The largest absolute Gasteiger partial charge is 0.382 e. The predicted octanol–water partition coefficient (Wildman–Crippen LogP) is 1.87. The van der Waals surface area contributed by atoms with Crippen molar-refractivity contribution in [3.8, 4) is 0 Å². The van der Waals surface area contributed by atoms with Crippen molar-refractivity contribution in [2.75, 3.05) is 0 Å². The second-order valence-electron chi connectivity index (χ2n) is 2.39. The average Bonchev–Trinajstić information content (AvgIpc) is 2.04. The van der Waals surface area contributed by atoms with Gasteiger partial charge in [-0.1, -0.05) is 0 Å². The van der Waals surface area contributed by atoms with Gasteiger partial charge in [-0.25, -0.2) is 0 Å². The van der Waals surface area contributed by atoms with Gasteiger partial charge < -0.3 is 5.11 Å². The Morgan fingerprint density at radius 1 is 1.42 bits per heavy atom. The molecule has 4 heteroatoms. The summed E-state index contributed by atoms with van der Waals surface area (Å²) in [4.78, 5) is 9.74. The summed E-state index contributed by atoms with van der Waals surface area (Å²) in [6.07, 6.45) is 0.157. The van der Waals surface area contributed by atoms with Gasteiger partial charge in [-0.15, -0.1) is 0 Å². The lowest BCUT2D eigenvalue weighted by atomic mass is 10.1. The Kier molecular flexibility index (Phi) is 2.40. The molecule has 0 spiro atoms. The zero-order chi connectivity index (χ0) is 9.14. The number of hydrogen-bond acceptors (Lipinski definition) is 3. The standard InChI is InChI=1S/C8H8NO3/c1-6(10)7-2-4-8(5-3-7)9(11)12/h2-5,10H,1H3. The van der Waals surface area contributed by atoms with Gasteiger partial charge in [0.05, 0.1) is 4.92 Å². The summed E-state index contributed by atoms with van der Waals surface area (Å²) < 4.78 is 0. The third-order valence-corrected chi connectivity index (χ3v) is 1.50. The van der Waals surface area contributed by atoms with E-state index in [-0.39, 0.29) is 11.8 Å². The SMILES string of the molecule is C[C](O)c1ccc([N+](=O)[O-])cc1. The topological polar surface area (TPSA) is 63.4 Å². The Labute approximate surface area is 69.6 Å². The fourth-order valence-electron chi connectivity index (χ4n) is 0.824. The van der Waals surface area contributed by atoms with E-state index >= 15 is 0 Å². The molecule has 0 fully saturated rings. The third kappa shape index (κ3) is 1.79. The van der Waals surface area contributed by atoms with E-state index in [1.165, 1.54) is 31.2 Å². The number of aliphatic hydroxyl groups is 1. The normalized spacial score (nSPS) is 10.2. The molecule has 1 aromatic carbocycles. The number of hydrogen-bond donors (Lipinski definition) is 1. The summed E-state index contributed by atoms with van der Waals surface area (Å²) in [7, 11) is 0. The van der Waals surface area contributed by atoms with E-state index < -0.39 is 4.92 Å². The van der Waals surface area contributed by atoms with Gasteiger partial charge in [0.15, 0.2) is 0 Å². The van der Waals surface area contributed by atoms with Crippen LogP contribution in [0.5, 0.6) is 0 Å². The summed E-state index contributed by atoms with van der Waals surface area (Å²) in [6, 6.07) is 5.73. The molecule has 0 saturated carbocycles. The van der Waals surface area contributed by atoms with Gasteiger partial charge in [0.1, 0.15) is 6.10 Å². The third-order valence-electron chi connectivity index (χ3n) is 1.50. The number of aliphatic hydroxyl groups excluding tert-OH is 1. The molecule has 0 aliphatic carbocycles. The van der Waals surface area contributed by atoms with Crippen LogP contribution in [0.4, 0.5) is 5.69 Å². The molecule has 0 aliphatic heterocycles. The molecule has 63 valence electrons. The van der Waals surface area contributed by atoms with Crippen molar-refractivity contribution in [1.29, 1.82) is 0 Å². The highest BCUT2D eigenvalue weighted by molar-refractivity contribution is 5.36. The van der Waals surface area contributed by atoms with Crippen molar-refractivity contribution in [2.24, 2.45) is 0 Å². The quantitative estimate of drug-likeness (QED) is 0.538. The van der Waals surface area contributed by atoms with E-state index in [1.807, 2.05) is 0 Å². The smallest absolute Gasteiger partial charge is 0.269 e. The van der Waals surface area contributed by atoms with Crippen molar-refractivity contribution >= 4 is 5.69 Å². The minimum absolute atomic E-state index is 0.0278. The fourth-order valence-corrected chi connectivity index (χ4v) is 0.824. The number of non-ortho nitro benzene ring substituents is 1. The first-order valence-corrected chi connectivity index (χ1v) is 3.38. The molecule has 0 aliphatic rings. The molecule has 1 aromatic rings. The maximum Gasteiger partial charge on any atom is 0.269 e. The number of nitrogens with zero attached hydrogens (tertiary/aromatic N) is 1. The summed E-state index contributed by atoms with van der Waals surface area (Å²) in [5.41, 5.74) is 0.626. The summed E-state index contributed by atoms with van der Waals surface area (Å²) in [5, 5.41) is 19.2. The van der Waals surface area contributed by atoms with Crippen LogP contribution in [0.3, 0.4) is 0 Å². The minimum Gasteiger partial charge on any atom is -0.382 e. The molecule has 1 rings (SSSR count). The number of nitro benzene ring substituents is 1. The van der Waals surface area contributed by atoms with Crippen LogP contribution in [-0.4, -0.2) is 10.0 Å². The van der Waals surface area contributed by atoms with Gasteiger partial charge in [-0.2, -0.15) is 0 Å². The van der Waals surface area contributed by atoms with Crippen LogP contribution in [0.25, 0.3) is 0 Å². The second kappa shape index (κ2) is 3.32. The molecule has 0 atom stereocenters. The monoisotopic (exact) mass is 166 g/mol. The molecule has 0 unspecified atom stereocenters. The maximum absolute atomic E-state index is 10.2. The van der Waals surface area contributed by atoms with E-state index in [0.29, 0.717) is 5.56 Å². The Bertz CT molecular complexity index is 279. The van der Waals surface area contributed by atoms with Gasteiger partial charge in [0.2, 0.25) is 0 Å². The first-order valence-electron chi connectivity index (χ1n) is 3.38. The molecular weight excluding hydrogens is 158 g/mol. The summed E-state index contributed by atoms with van der Waals surface area (Å²) in [5.74, 6) is 0. The number of nitro groups is 1. The molecule has 0 aromatic heterocycles. The van der Waals surface area contributed by atoms with Gasteiger partial charge >= 0.3 is 0 Å². The van der Waals surface area contributed by atoms with Crippen LogP contribution >= 0.6 is 0 Å². The van der Waals surface area contributed by atoms with Gasteiger partial charge in [0.25, 0.3) is 5.69 Å². The first-order chi connectivity index (χ1) is 5.61. The van der Waals surface area contributed by atoms with Crippen molar-refractivity contribution < 1.29 is 10.0 Å². The molecule has 0 bridgehead atoms. The van der Waals surface area contributed by atoms with Crippen molar-refractivity contribution in [3.05, 3.63) is 46.0 Å². The lowest BCUT2D eigenvalue weighted by Gasteiger charge is -2.00. The Morgan fingerprint density at radius 2 is 1.92 bits per heavy atom. The van der Waals surface area contributed by atoms with Crippen molar-refractivity contribution in [2.45, 2.75) is 6.92 Å². The van der Waals surface area contributed by atoms with E-state index in [2.05, 4.69) is 0 Å². The Hall–Kier alpha value is -1.42. The first kappa shape index (κ1) is 8.67. The zero-order valence-electron chi connectivity index (χ0n) is 6.52. The summed E-state index contributed by atoms with van der Waals surface area (Å²) in [6.45, 7) is 1.53. The molecule has 4 nitrogen and oxygen atoms in total. The van der Waals surface area contributed by atoms with Crippen LogP contribution in [0.15, 0.2) is 24.3 Å². The molecular formula is C8H8NO3. The van der Waals surface area contributed by atoms with Gasteiger partial charge in [-0.05, 0) is 24.6 Å². The molecule has 1 radical (unpaired) electrons. The average molecular weight is 166 g/mol. The van der Waals surface area contributed by atoms with Crippen LogP contribution in [0, 0.1) is 16.2 Å². The number of benzene rings is 1. The number of rotatable bonds is 2. The maximum atomic E-state index is 10.2. The second-order valence-corrected chi connectivity index (χ2v) is 2.39. The molecule has 0 saturated heterocycles. The van der Waals surface area contributed by atoms with Crippen molar-refractivity contribution in [3.63, 3.8) is 0 Å². The molecule has 12 heavy (non-hydrogen) atoms. The molecule has 0 heterocycles. The fraction of sp³-hybridized carbons (Fsp3) is 0.125. The summed E-state index contributed by atoms with van der Waals surface area (Å²) >= 11 is 0. The lowest BCUT2D eigenvalue weighted by molar-refractivity contribution is -0.384. The molecule has 0 amide bonds. The van der Waals surface area contributed by atoms with E-state index in [1.54, 1.807) is 0 Å². The predicted molar refractivity (Wildman–Crippen MR) is 43.1 cm³/mol. The highest BCUT2D eigenvalue weighted by Gasteiger charge is 2.06. The zero-order valence-corrected chi connectivity index (χ0v) is 6.52. The van der Waals surface area contributed by atoms with Crippen molar-refractivity contribution in [1.82, 2.24) is 0 Å². The van der Waals surface area contributed by atoms with Crippen LogP contribution in [0.1, 0.15) is 12.5 Å². The highest BCUT2D eigenvalue weighted by atomic mass is 16.6. The van der Waals surface area contributed by atoms with Gasteiger partial charge in [0, 0.05) is 12.1 Å². The van der Waals surface area contributed by atoms with E-state index in [0.717, 1.165) is 0 Å². The van der Waals surface area contributed by atoms with Crippen LogP contribution in [0.2, 0.25) is 0 Å². The Balaban J connectivity index is 2.93. The van der Waals surface area contributed by atoms with Crippen LogP contribution in [-0.2, 0) is 0 Å². The highest BCUT2D eigenvalue weighted by Crippen LogP contribution is 2.16. The Morgan fingerprint density at radius 3 is 2.25 bits per heavy atom.